The third-order valence-electron chi connectivity index (χ3n) is 3.02. The maximum absolute atomic E-state index is 5.95. The van der Waals surface area contributed by atoms with Gasteiger partial charge >= 0.3 is 0 Å². The van der Waals surface area contributed by atoms with Crippen LogP contribution in [0, 0.1) is 3.57 Å². The van der Waals surface area contributed by atoms with E-state index in [1.165, 1.54) is 14.8 Å². The van der Waals surface area contributed by atoms with Gasteiger partial charge in [0.2, 0.25) is 0 Å². The summed E-state index contributed by atoms with van der Waals surface area (Å²) in [6, 6.07) is 16.9. The first kappa shape index (κ1) is 14.7. The van der Waals surface area contributed by atoms with Crippen molar-refractivity contribution in [2.75, 3.05) is 5.32 Å². The first-order valence-corrected chi connectivity index (χ1v) is 7.92. The van der Waals surface area contributed by atoms with Crippen molar-refractivity contribution in [2.45, 2.75) is 25.8 Å². The van der Waals surface area contributed by atoms with E-state index in [1.54, 1.807) is 0 Å². The zero-order chi connectivity index (χ0) is 13.7. The first-order valence-electron chi connectivity index (χ1n) is 6.46. The highest BCUT2D eigenvalue weighted by Gasteiger charge is 2.10. The average molecular weight is 386 g/mol. The Morgan fingerprint density at radius 1 is 1.16 bits per heavy atom. The van der Waals surface area contributed by atoms with Gasteiger partial charge in [-0.25, -0.2) is 0 Å². The quantitative estimate of drug-likeness (QED) is 0.632. The Bertz CT molecular complexity index is 525. The molecule has 2 aromatic carbocycles. The summed E-state index contributed by atoms with van der Waals surface area (Å²) in [6.45, 7) is 2.21. The van der Waals surface area contributed by atoms with Crippen molar-refractivity contribution in [1.82, 2.24) is 0 Å². The fraction of sp³-hybridized carbons (Fsp3) is 0.250. The minimum absolute atomic E-state index is 0.334. The van der Waals surface area contributed by atoms with Crippen LogP contribution >= 0.6 is 34.2 Å². The first-order chi connectivity index (χ1) is 9.19. The van der Waals surface area contributed by atoms with Crippen molar-refractivity contribution in [3.8, 4) is 0 Å². The standard InChI is InChI=1S/C16H17ClIN/c1-2-4-16(12-7-9-13(17)10-8-12)19-15-6-3-5-14(18)11-15/h3,5-11,16,19H,2,4H2,1H3. The molecule has 1 unspecified atom stereocenters. The van der Waals surface area contributed by atoms with Crippen molar-refractivity contribution in [1.29, 1.82) is 0 Å². The largest absolute Gasteiger partial charge is 0.378 e. The van der Waals surface area contributed by atoms with E-state index in [2.05, 4.69) is 71.2 Å². The molecule has 0 aliphatic rings. The Morgan fingerprint density at radius 3 is 2.53 bits per heavy atom. The summed E-state index contributed by atoms with van der Waals surface area (Å²) in [5, 5.41) is 4.39. The molecule has 0 aliphatic heterocycles. The van der Waals surface area contributed by atoms with E-state index in [4.69, 9.17) is 11.6 Å². The van der Waals surface area contributed by atoms with E-state index >= 15 is 0 Å². The topological polar surface area (TPSA) is 12.0 Å². The maximum atomic E-state index is 5.95. The molecule has 19 heavy (non-hydrogen) atoms. The van der Waals surface area contributed by atoms with E-state index in [0.717, 1.165) is 17.9 Å². The lowest BCUT2D eigenvalue weighted by Crippen LogP contribution is -2.10. The SMILES string of the molecule is CCCC(Nc1cccc(I)c1)c1ccc(Cl)cc1. The van der Waals surface area contributed by atoms with Crippen LogP contribution in [0.3, 0.4) is 0 Å². The molecule has 100 valence electrons. The third kappa shape index (κ3) is 4.39. The van der Waals surface area contributed by atoms with Crippen molar-refractivity contribution < 1.29 is 0 Å². The number of benzene rings is 2. The van der Waals surface area contributed by atoms with Gasteiger partial charge in [-0.05, 0) is 64.9 Å². The molecule has 0 saturated heterocycles. The summed E-state index contributed by atoms with van der Waals surface area (Å²) in [4.78, 5) is 0. The molecule has 0 amide bonds. The molecule has 0 aliphatic carbocycles. The highest BCUT2D eigenvalue weighted by molar-refractivity contribution is 14.1. The summed E-state index contributed by atoms with van der Waals surface area (Å²) in [5.41, 5.74) is 2.45. The molecule has 0 spiro atoms. The Morgan fingerprint density at radius 2 is 1.89 bits per heavy atom. The summed E-state index contributed by atoms with van der Waals surface area (Å²) in [6.07, 6.45) is 2.25. The molecule has 1 N–H and O–H groups in total. The van der Waals surface area contributed by atoms with Crippen LogP contribution in [0.1, 0.15) is 31.4 Å². The van der Waals surface area contributed by atoms with E-state index in [-0.39, 0.29) is 0 Å². The summed E-state index contributed by atoms with van der Waals surface area (Å²) in [5.74, 6) is 0. The highest BCUT2D eigenvalue weighted by Crippen LogP contribution is 2.25. The van der Waals surface area contributed by atoms with Gasteiger partial charge in [-0.1, -0.05) is 43.1 Å². The van der Waals surface area contributed by atoms with Crippen molar-refractivity contribution in [3.63, 3.8) is 0 Å². The summed E-state index contributed by atoms with van der Waals surface area (Å²) in [7, 11) is 0. The van der Waals surface area contributed by atoms with E-state index < -0.39 is 0 Å². The molecule has 3 heteroatoms. The van der Waals surface area contributed by atoms with Crippen LogP contribution in [-0.2, 0) is 0 Å². The van der Waals surface area contributed by atoms with E-state index in [9.17, 15) is 0 Å². The lowest BCUT2D eigenvalue weighted by molar-refractivity contribution is 0.677. The van der Waals surface area contributed by atoms with Gasteiger partial charge in [0.1, 0.15) is 0 Å². The summed E-state index contributed by atoms with van der Waals surface area (Å²) < 4.78 is 1.24. The number of nitrogens with one attached hydrogen (secondary N) is 1. The molecular weight excluding hydrogens is 369 g/mol. The third-order valence-corrected chi connectivity index (χ3v) is 3.94. The van der Waals surface area contributed by atoms with Crippen LogP contribution in [0.15, 0.2) is 48.5 Å². The molecule has 0 heterocycles. The van der Waals surface area contributed by atoms with Gasteiger partial charge in [0.25, 0.3) is 0 Å². The lowest BCUT2D eigenvalue weighted by atomic mass is 10.0. The van der Waals surface area contributed by atoms with Crippen molar-refractivity contribution >= 4 is 39.9 Å². The van der Waals surface area contributed by atoms with Crippen LogP contribution < -0.4 is 5.32 Å². The van der Waals surface area contributed by atoms with Gasteiger partial charge in [-0.15, -0.1) is 0 Å². The van der Waals surface area contributed by atoms with Crippen LogP contribution in [0.2, 0.25) is 5.02 Å². The molecular formula is C16H17ClIN. The zero-order valence-electron chi connectivity index (χ0n) is 10.9. The fourth-order valence-electron chi connectivity index (χ4n) is 2.09. The molecule has 0 fully saturated rings. The molecule has 2 aromatic rings. The van der Waals surface area contributed by atoms with Gasteiger partial charge in [-0.2, -0.15) is 0 Å². The molecule has 0 aromatic heterocycles. The lowest BCUT2D eigenvalue weighted by Gasteiger charge is -2.20. The van der Waals surface area contributed by atoms with Gasteiger partial charge in [-0.3, -0.25) is 0 Å². The van der Waals surface area contributed by atoms with Crippen LogP contribution in [0.25, 0.3) is 0 Å². The second kappa shape index (κ2) is 7.15. The van der Waals surface area contributed by atoms with Gasteiger partial charge in [0.05, 0.1) is 6.04 Å². The highest BCUT2D eigenvalue weighted by atomic mass is 127. The maximum Gasteiger partial charge on any atom is 0.0513 e. The van der Waals surface area contributed by atoms with E-state index in [0.29, 0.717) is 6.04 Å². The minimum Gasteiger partial charge on any atom is -0.378 e. The molecule has 1 atom stereocenters. The number of anilines is 1. The number of halogens is 2. The van der Waals surface area contributed by atoms with Crippen LogP contribution in [0.4, 0.5) is 5.69 Å². The number of hydrogen-bond donors (Lipinski definition) is 1. The fourth-order valence-corrected chi connectivity index (χ4v) is 2.75. The van der Waals surface area contributed by atoms with Gasteiger partial charge in [0.15, 0.2) is 0 Å². The van der Waals surface area contributed by atoms with Crippen LogP contribution in [0.5, 0.6) is 0 Å². The Balaban J connectivity index is 2.18. The molecule has 2 rings (SSSR count). The smallest absolute Gasteiger partial charge is 0.0513 e. The zero-order valence-corrected chi connectivity index (χ0v) is 13.8. The second-order valence-corrected chi connectivity index (χ2v) is 6.23. The number of rotatable bonds is 5. The molecule has 0 bridgehead atoms. The predicted octanol–water partition coefficient (Wildman–Crippen LogP) is 5.90. The van der Waals surface area contributed by atoms with Gasteiger partial charge < -0.3 is 5.32 Å². The second-order valence-electron chi connectivity index (χ2n) is 4.55. The Hall–Kier alpha value is -0.740. The molecule has 0 radical (unpaired) electrons. The monoisotopic (exact) mass is 385 g/mol. The Kier molecular flexibility index (Phi) is 5.52. The van der Waals surface area contributed by atoms with Crippen molar-refractivity contribution in [3.05, 3.63) is 62.7 Å². The predicted molar refractivity (Wildman–Crippen MR) is 91.9 cm³/mol. The normalized spacial score (nSPS) is 12.2. The van der Waals surface area contributed by atoms with Crippen LogP contribution in [-0.4, -0.2) is 0 Å². The average Bonchev–Trinajstić information content (AvgIpc) is 2.39. The Labute approximate surface area is 133 Å². The summed E-state index contributed by atoms with van der Waals surface area (Å²) >= 11 is 8.29. The molecule has 1 nitrogen and oxygen atoms in total. The van der Waals surface area contributed by atoms with E-state index in [1.807, 2.05) is 12.1 Å². The van der Waals surface area contributed by atoms with Crippen molar-refractivity contribution in [2.24, 2.45) is 0 Å². The minimum atomic E-state index is 0.334. The van der Waals surface area contributed by atoms with Gasteiger partial charge in [0, 0.05) is 14.3 Å². The number of hydrogen-bond acceptors (Lipinski definition) is 1. The molecule has 0 saturated carbocycles.